The molecule has 90 valence electrons. The van der Waals surface area contributed by atoms with E-state index in [1.165, 1.54) is 0 Å². The number of urea groups is 1. The molecule has 5 heteroatoms. The molecule has 1 heterocycles. The molecule has 0 aromatic carbocycles. The SMILES string of the molecule is CCN(CCO)C(=O)NCCn1cccc1. The normalized spacial score (nSPS) is 10.1. The summed E-state index contributed by atoms with van der Waals surface area (Å²) in [6, 6.07) is 3.78. The van der Waals surface area contributed by atoms with Crippen LogP contribution in [0.15, 0.2) is 24.5 Å². The minimum Gasteiger partial charge on any atom is -0.395 e. The third-order valence-electron chi connectivity index (χ3n) is 2.35. The Morgan fingerprint density at radius 3 is 2.69 bits per heavy atom. The summed E-state index contributed by atoms with van der Waals surface area (Å²) in [7, 11) is 0. The molecule has 5 nitrogen and oxygen atoms in total. The number of carbonyl (C=O) groups is 1. The van der Waals surface area contributed by atoms with Gasteiger partial charge in [-0.2, -0.15) is 0 Å². The first-order valence-electron chi connectivity index (χ1n) is 5.52. The van der Waals surface area contributed by atoms with Crippen LogP contribution in [-0.4, -0.2) is 46.8 Å². The molecule has 0 unspecified atom stereocenters. The fraction of sp³-hybridized carbons (Fsp3) is 0.545. The number of aliphatic hydroxyl groups excluding tert-OH is 1. The van der Waals surface area contributed by atoms with E-state index in [1.54, 1.807) is 4.90 Å². The molecule has 0 atom stereocenters. The lowest BCUT2D eigenvalue weighted by Gasteiger charge is -2.20. The lowest BCUT2D eigenvalue weighted by atomic mass is 10.5. The summed E-state index contributed by atoms with van der Waals surface area (Å²) in [6.45, 7) is 4.23. The summed E-state index contributed by atoms with van der Waals surface area (Å²) in [5, 5.41) is 11.6. The Labute approximate surface area is 95.7 Å². The number of nitrogens with zero attached hydrogens (tertiary/aromatic N) is 2. The molecule has 1 aromatic heterocycles. The number of hydrogen-bond acceptors (Lipinski definition) is 2. The van der Waals surface area contributed by atoms with Crippen LogP contribution in [0.5, 0.6) is 0 Å². The Morgan fingerprint density at radius 2 is 2.12 bits per heavy atom. The van der Waals surface area contributed by atoms with Crippen LogP contribution in [0.25, 0.3) is 0 Å². The minimum absolute atomic E-state index is 0.00113. The molecular weight excluding hydrogens is 206 g/mol. The quantitative estimate of drug-likeness (QED) is 0.741. The highest BCUT2D eigenvalue weighted by molar-refractivity contribution is 5.74. The third kappa shape index (κ3) is 3.94. The van der Waals surface area contributed by atoms with E-state index in [0.29, 0.717) is 19.6 Å². The summed E-state index contributed by atoms with van der Waals surface area (Å²) in [6.07, 6.45) is 3.91. The average molecular weight is 225 g/mol. The van der Waals surface area contributed by atoms with Crippen LogP contribution in [0.2, 0.25) is 0 Å². The van der Waals surface area contributed by atoms with Gasteiger partial charge in [0.05, 0.1) is 6.61 Å². The molecule has 0 radical (unpaired) electrons. The summed E-state index contributed by atoms with van der Waals surface area (Å²) in [4.78, 5) is 13.2. The van der Waals surface area contributed by atoms with Crippen molar-refractivity contribution in [1.82, 2.24) is 14.8 Å². The Hall–Kier alpha value is -1.49. The molecule has 0 saturated heterocycles. The van der Waals surface area contributed by atoms with Gasteiger partial charge in [0, 0.05) is 38.6 Å². The summed E-state index contributed by atoms with van der Waals surface area (Å²) in [5.74, 6) is 0. The first kappa shape index (κ1) is 12.6. The van der Waals surface area contributed by atoms with Gasteiger partial charge in [-0.15, -0.1) is 0 Å². The highest BCUT2D eigenvalue weighted by Gasteiger charge is 2.08. The lowest BCUT2D eigenvalue weighted by Crippen LogP contribution is -2.42. The van der Waals surface area contributed by atoms with E-state index in [1.807, 2.05) is 36.0 Å². The molecule has 2 amide bonds. The summed E-state index contributed by atoms with van der Waals surface area (Å²) in [5.41, 5.74) is 0. The Kier molecular flexibility index (Phi) is 5.42. The van der Waals surface area contributed by atoms with E-state index in [9.17, 15) is 4.79 Å². The zero-order valence-corrected chi connectivity index (χ0v) is 9.59. The van der Waals surface area contributed by atoms with Crippen LogP contribution >= 0.6 is 0 Å². The Bertz CT molecular complexity index is 298. The van der Waals surface area contributed by atoms with Crippen molar-refractivity contribution in [3.05, 3.63) is 24.5 Å². The van der Waals surface area contributed by atoms with Gasteiger partial charge in [0.1, 0.15) is 0 Å². The van der Waals surface area contributed by atoms with Crippen LogP contribution < -0.4 is 5.32 Å². The van der Waals surface area contributed by atoms with Crippen LogP contribution in [0.1, 0.15) is 6.92 Å². The van der Waals surface area contributed by atoms with Gasteiger partial charge in [0.25, 0.3) is 0 Å². The van der Waals surface area contributed by atoms with Gasteiger partial charge in [-0.25, -0.2) is 4.79 Å². The predicted molar refractivity (Wildman–Crippen MR) is 62.2 cm³/mol. The molecule has 1 aromatic rings. The molecule has 0 bridgehead atoms. The maximum absolute atomic E-state index is 11.6. The third-order valence-corrected chi connectivity index (χ3v) is 2.35. The molecule has 0 aliphatic carbocycles. The number of rotatable bonds is 6. The van der Waals surface area contributed by atoms with Gasteiger partial charge in [-0.1, -0.05) is 0 Å². The van der Waals surface area contributed by atoms with Crippen molar-refractivity contribution in [2.45, 2.75) is 13.5 Å². The predicted octanol–water partition coefficient (Wildman–Crippen LogP) is 0.512. The highest BCUT2D eigenvalue weighted by Crippen LogP contribution is 1.90. The topological polar surface area (TPSA) is 57.5 Å². The first-order valence-corrected chi connectivity index (χ1v) is 5.52. The fourth-order valence-corrected chi connectivity index (χ4v) is 1.45. The van der Waals surface area contributed by atoms with Crippen molar-refractivity contribution in [3.63, 3.8) is 0 Å². The van der Waals surface area contributed by atoms with Gasteiger partial charge >= 0.3 is 6.03 Å². The average Bonchev–Trinajstić information content (AvgIpc) is 2.78. The van der Waals surface area contributed by atoms with Crippen molar-refractivity contribution >= 4 is 6.03 Å². The maximum atomic E-state index is 11.6. The molecule has 0 fully saturated rings. The van der Waals surface area contributed by atoms with Crippen molar-refractivity contribution in [1.29, 1.82) is 0 Å². The molecule has 0 saturated carbocycles. The van der Waals surface area contributed by atoms with E-state index in [-0.39, 0.29) is 12.6 Å². The second kappa shape index (κ2) is 6.90. The zero-order chi connectivity index (χ0) is 11.8. The molecule has 0 spiro atoms. The second-order valence-electron chi connectivity index (χ2n) is 3.46. The van der Waals surface area contributed by atoms with E-state index < -0.39 is 0 Å². The van der Waals surface area contributed by atoms with Crippen molar-refractivity contribution in [3.8, 4) is 0 Å². The number of aliphatic hydroxyl groups is 1. The fourth-order valence-electron chi connectivity index (χ4n) is 1.45. The van der Waals surface area contributed by atoms with Gasteiger partial charge in [-0.3, -0.25) is 0 Å². The lowest BCUT2D eigenvalue weighted by molar-refractivity contribution is 0.180. The van der Waals surface area contributed by atoms with E-state index in [0.717, 1.165) is 6.54 Å². The van der Waals surface area contributed by atoms with Gasteiger partial charge in [-0.05, 0) is 19.1 Å². The van der Waals surface area contributed by atoms with E-state index in [4.69, 9.17) is 5.11 Å². The number of nitrogens with one attached hydrogen (secondary N) is 1. The number of likely N-dealkylation sites (N-methyl/N-ethyl adjacent to an activating group) is 1. The highest BCUT2D eigenvalue weighted by atomic mass is 16.3. The molecule has 1 rings (SSSR count). The first-order chi connectivity index (χ1) is 7.77. The standard InChI is InChI=1S/C11H19N3O2/c1-2-14(9-10-15)11(16)12-5-8-13-6-3-4-7-13/h3-4,6-7,15H,2,5,8-10H2,1H3,(H,12,16). The van der Waals surface area contributed by atoms with Gasteiger partial charge < -0.3 is 19.9 Å². The zero-order valence-electron chi connectivity index (χ0n) is 9.59. The van der Waals surface area contributed by atoms with E-state index in [2.05, 4.69) is 5.32 Å². The number of amides is 2. The number of carbonyl (C=O) groups excluding carboxylic acids is 1. The Morgan fingerprint density at radius 1 is 1.44 bits per heavy atom. The van der Waals surface area contributed by atoms with Crippen molar-refractivity contribution in [2.24, 2.45) is 0 Å². The van der Waals surface area contributed by atoms with Crippen LogP contribution in [0, 0.1) is 0 Å². The molecular formula is C11H19N3O2. The molecule has 16 heavy (non-hydrogen) atoms. The molecule has 0 aliphatic heterocycles. The van der Waals surface area contributed by atoms with Crippen molar-refractivity contribution in [2.75, 3.05) is 26.2 Å². The second-order valence-corrected chi connectivity index (χ2v) is 3.46. The minimum atomic E-state index is -0.122. The van der Waals surface area contributed by atoms with Crippen LogP contribution in [0.3, 0.4) is 0 Å². The summed E-state index contributed by atoms with van der Waals surface area (Å²) < 4.78 is 2.00. The van der Waals surface area contributed by atoms with Crippen LogP contribution in [-0.2, 0) is 6.54 Å². The number of aromatic nitrogens is 1. The molecule has 0 aliphatic rings. The van der Waals surface area contributed by atoms with E-state index >= 15 is 0 Å². The largest absolute Gasteiger partial charge is 0.395 e. The number of hydrogen-bond donors (Lipinski definition) is 2. The van der Waals surface area contributed by atoms with Gasteiger partial charge in [0.15, 0.2) is 0 Å². The van der Waals surface area contributed by atoms with Crippen molar-refractivity contribution < 1.29 is 9.90 Å². The monoisotopic (exact) mass is 225 g/mol. The smallest absolute Gasteiger partial charge is 0.317 e. The molecule has 2 N–H and O–H groups in total. The maximum Gasteiger partial charge on any atom is 0.317 e. The Balaban J connectivity index is 2.23. The van der Waals surface area contributed by atoms with Gasteiger partial charge in [0.2, 0.25) is 0 Å². The summed E-state index contributed by atoms with van der Waals surface area (Å²) >= 11 is 0. The van der Waals surface area contributed by atoms with Crippen LogP contribution in [0.4, 0.5) is 4.79 Å².